The van der Waals surface area contributed by atoms with Crippen LogP contribution in [0.5, 0.6) is 0 Å². The molecule has 2 nitrogen and oxygen atoms in total. The van der Waals surface area contributed by atoms with Crippen molar-refractivity contribution in [1.29, 1.82) is 0 Å². The third-order valence-electron chi connectivity index (χ3n) is 1.24. The van der Waals surface area contributed by atoms with Crippen molar-refractivity contribution in [2.45, 2.75) is 20.3 Å². The van der Waals surface area contributed by atoms with Crippen LogP contribution in [0.1, 0.15) is 20.3 Å². The second-order valence-electron chi connectivity index (χ2n) is 2.05. The lowest BCUT2D eigenvalue weighted by molar-refractivity contribution is 0.0201. The molecule has 0 unspecified atom stereocenters. The van der Waals surface area contributed by atoms with Crippen LogP contribution in [0.4, 0.5) is 4.48 Å². The molecule has 0 aliphatic carbocycles. The predicted molar refractivity (Wildman–Crippen MR) is 39.5 cm³/mol. The lowest BCUT2D eigenvalue weighted by atomic mass is 10.4. The fourth-order valence-electron chi connectivity index (χ4n) is 0.641. The Morgan fingerprint density at radius 1 is 1.40 bits per heavy atom. The van der Waals surface area contributed by atoms with Crippen LogP contribution in [-0.4, -0.2) is 31.4 Å². The van der Waals surface area contributed by atoms with Crippen molar-refractivity contribution in [2.75, 3.05) is 26.3 Å². The van der Waals surface area contributed by atoms with Gasteiger partial charge >= 0.3 is 0 Å². The number of halogens is 1. The summed E-state index contributed by atoms with van der Waals surface area (Å²) in [7, 11) is 0. The lowest BCUT2D eigenvalue weighted by Crippen LogP contribution is -2.15. The first kappa shape index (κ1) is 9.85. The van der Waals surface area contributed by atoms with Gasteiger partial charge in [-0.25, -0.2) is 0 Å². The summed E-state index contributed by atoms with van der Waals surface area (Å²) in [6.07, 6.45) is 0.776. The monoisotopic (exact) mass is 149 g/mol. The molecule has 0 amide bonds. The Labute approximate surface area is 61.9 Å². The van der Waals surface area contributed by atoms with Crippen molar-refractivity contribution in [2.24, 2.45) is 0 Å². The van der Waals surface area contributed by atoms with E-state index in [1.807, 2.05) is 6.92 Å². The SMILES string of the molecule is CCOCCCN(F)CC. The number of rotatable bonds is 6. The van der Waals surface area contributed by atoms with Crippen molar-refractivity contribution in [1.82, 2.24) is 5.12 Å². The molecule has 0 aromatic heterocycles. The topological polar surface area (TPSA) is 12.5 Å². The van der Waals surface area contributed by atoms with E-state index in [4.69, 9.17) is 4.74 Å². The highest BCUT2D eigenvalue weighted by Crippen LogP contribution is 1.91. The molecule has 0 bridgehead atoms. The molecule has 3 heteroatoms. The van der Waals surface area contributed by atoms with Crippen LogP contribution < -0.4 is 0 Å². The van der Waals surface area contributed by atoms with E-state index >= 15 is 0 Å². The Hall–Kier alpha value is -0.150. The molecule has 0 atom stereocenters. The van der Waals surface area contributed by atoms with Crippen molar-refractivity contribution in [3.8, 4) is 0 Å². The van der Waals surface area contributed by atoms with E-state index in [2.05, 4.69) is 0 Å². The number of nitrogens with zero attached hydrogens (tertiary/aromatic N) is 1. The van der Waals surface area contributed by atoms with Crippen LogP contribution in [-0.2, 0) is 4.74 Å². The molecule has 0 saturated heterocycles. The van der Waals surface area contributed by atoms with Gasteiger partial charge in [0.1, 0.15) is 0 Å². The Morgan fingerprint density at radius 3 is 2.60 bits per heavy atom. The van der Waals surface area contributed by atoms with Gasteiger partial charge in [-0.1, -0.05) is 0 Å². The van der Waals surface area contributed by atoms with Crippen molar-refractivity contribution >= 4 is 0 Å². The molecule has 0 aromatic carbocycles. The van der Waals surface area contributed by atoms with Crippen LogP contribution >= 0.6 is 0 Å². The Morgan fingerprint density at radius 2 is 2.10 bits per heavy atom. The molecule has 0 rings (SSSR count). The summed E-state index contributed by atoms with van der Waals surface area (Å²) in [5.74, 6) is 0. The van der Waals surface area contributed by atoms with Gasteiger partial charge in [-0.05, 0) is 20.3 Å². The molecule has 62 valence electrons. The molecular weight excluding hydrogens is 133 g/mol. The maximum absolute atomic E-state index is 12.3. The van der Waals surface area contributed by atoms with Crippen LogP contribution in [0.15, 0.2) is 0 Å². The average molecular weight is 149 g/mol. The first-order valence-electron chi connectivity index (χ1n) is 3.79. The van der Waals surface area contributed by atoms with Gasteiger partial charge in [0.05, 0.1) is 0 Å². The quantitative estimate of drug-likeness (QED) is 0.420. The summed E-state index contributed by atoms with van der Waals surface area (Å²) in [6, 6.07) is 0. The molecule has 0 aliphatic heterocycles. The molecule has 10 heavy (non-hydrogen) atoms. The third kappa shape index (κ3) is 5.98. The van der Waals surface area contributed by atoms with E-state index in [9.17, 15) is 4.48 Å². The van der Waals surface area contributed by atoms with Gasteiger partial charge in [0.2, 0.25) is 0 Å². The predicted octanol–water partition coefficient (Wildman–Crippen LogP) is 1.62. The van der Waals surface area contributed by atoms with Crippen LogP contribution in [0, 0.1) is 0 Å². The molecule has 0 heterocycles. The van der Waals surface area contributed by atoms with Gasteiger partial charge in [0, 0.05) is 26.3 Å². The molecule has 0 spiro atoms. The van der Waals surface area contributed by atoms with Gasteiger partial charge in [0.15, 0.2) is 0 Å². The lowest BCUT2D eigenvalue weighted by Gasteiger charge is -2.07. The summed E-state index contributed by atoms with van der Waals surface area (Å²) in [6.45, 7) is 6.06. The van der Waals surface area contributed by atoms with Gasteiger partial charge in [0.25, 0.3) is 0 Å². The van der Waals surface area contributed by atoms with Crippen molar-refractivity contribution in [3.05, 3.63) is 0 Å². The van der Waals surface area contributed by atoms with Gasteiger partial charge in [-0.2, -0.15) is 0 Å². The number of ether oxygens (including phenoxy) is 1. The second-order valence-corrected chi connectivity index (χ2v) is 2.05. The molecule has 0 radical (unpaired) electrons. The zero-order valence-corrected chi connectivity index (χ0v) is 6.77. The van der Waals surface area contributed by atoms with Gasteiger partial charge in [-0.3, -0.25) is 0 Å². The van der Waals surface area contributed by atoms with E-state index in [0.29, 0.717) is 19.7 Å². The summed E-state index contributed by atoms with van der Waals surface area (Å²) in [4.78, 5) is 0. The van der Waals surface area contributed by atoms with Crippen LogP contribution in [0.2, 0.25) is 0 Å². The highest BCUT2D eigenvalue weighted by molar-refractivity contribution is 4.41. The summed E-state index contributed by atoms with van der Waals surface area (Å²) in [5, 5.41) is 0.791. The zero-order valence-electron chi connectivity index (χ0n) is 6.77. The number of hydrogen-bond acceptors (Lipinski definition) is 2. The second kappa shape index (κ2) is 6.96. The number of hydrogen-bond donors (Lipinski definition) is 0. The Bertz CT molecular complexity index is 70.6. The highest BCUT2D eigenvalue weighted by Gasteiger charge is 1.96. The van der Waals surface area contributed by atoms with Crippen molar-refractivity contribution < 1.29 is 9.22 Å². The maximum atomic E-state index is 12.3. The fourth-order valence-corrected chi connectivity index (χ4v) is 0.641. The van der Waals surface area contributed by atoms with Gasteiger partial charge < -0.3 is 4.74 Å². The minimum absolute atomic E-state index is 0.464. The molecule has 0 N–H and O–H groups in total. The van der Waals surface area contributed by atoms with E-state index < -0.39 is 0 Å². The standard InChI is InChI=1S/C7H16FNO/c1-3-9(8)6-5-7-10-4-2/h3-7H2,1-2H3. The van der Waals surface area contributed by atoms with Crippen molar-refractivity contribution in [3.63, 3.8) is 0 Å². The molecule has 0 aliphatic rings. The minimum Gasteiger partial charge on any atom is -0.382 e. The Balaban J connectivity index is 2.89. The molecule has 0 fully saturated rings. The highest BCUT2D eigenvalue weighted by atomic mass is 19.2. The third-order valence-corrected chi connectivity index (χ3v) is 1.24. The summed E-state index contributed by atoms with van der Waals surface area (Å²) in [5.41, 5.74) is 0. The smallest absolute Gasteiger partial charge is 0.0479 e. The Kier molecular flexibility index (Phi) is 6.86. The molecule has 0 aromatic rings. The largest absolute Gasteiger partial charge is 0.382 e. The van der Waals surface area contributed by atoms with E-state index in [-0.39, 0.29) is 0 Å². The fraction of sp³-hybridized carbons (Fsp3) is 1.00. The van der Waals surface area contributed by atoms with E-state index in [1.165, 1.54) is 0 Å². The normalized spacial score (nSPS) is 10.8. The summed E-state index contributed by atoms with van der Waals surface area (Å²) >= 11 is 0. The van der Waals surface area contributed by atoms with Crippen LogP contribution in [0.3, 0.4) is 0 Å². The van der Waals surface area contributed by atoms with Gasteiger partial charge in [-0.15, -0.1) is 9.60 Å². The van der Waals surface area contributed by atoms with Crippen LogP contribution in [0.25, 0.3) is 0 Å². The van der Waals surface area contributed by atoms with E-state index in [1.54, 1.807) is 6.92 Å². The van der Waals surface area contributed by atoms with E-state index in [0.717, 1.165) is 18.1 Å². The summed E-state index contributed by atoms with van der Waals surface area (Å²) < 4.78 is 17.4. The molecule has 0 saturated carbocycles. The minimum atomic E-state index is 0.464. The maximum Gasteiger partial charge on any atom is 0.0479 e. The zero-order chi connectivity index (χ0) is 7.82. The first-order valence-corrected chi connectivity index (χ1v) is 3.79. The molecular formula is C7H16FNO. The first-order chi connectivity index (χ1) is 4.81. The average Bonchev–Trinajstić information content (AvgIpc) is 1.98.